The Labute approximate surface area is 208 Å². The molecule has 0 spiro atoms. The second kappa shape index (κ2) is 12.1. The first-order valence-corrected chi connectivity index (χ1v) is 12.9. The van der Waals surface area contributed by atoms with Gasteiger partial charge < -0.3 is 35.2 Å². The van der Waals surface area contributed by atoms with Gasteiger partial charge in [-0.05, 0) is 24.8 Å². The molecule has 3 unspecified atom stereocenters. The van der Waals surface area contributed by atoms with Gasteiger partial charge in [0, 0.05) is 25.6 Å². The molecule has 1 aromatic rings. The summed E-state index contributed by atoms with van der Waals surface area (Å²) in [6.07, 6.45) is -0.377. The minimum atomic E-state index is -5.17. The van der Waals surface area contributed by atoms with Gasteiger partial charge in [-0.3, -0.25) is 14.4 Å². The number of nitrogens with zero attached hydrogens (tertiary/aromatic N) is 1. The van der Waals surface area contributed by atoms with Gasteiger partial charge in [-0.15, -0.1) is 0 Å². The second-order valence-corrected chi connectivity index (χ2v) is 10.2. The molecule has 36 heavy (non-hydrogen) atoms. The molecule has 2 aliphatic heterocycles. The molecule has 2 heterocycles. The van der Waals surface area contributed by atoms with E-state index in [0.717, 1.165) is 5.56 Å². The number of hydrogen-bond donors (Lipinski definition) is 4. The summed E-state index contributed by atoms with van der Waals surface area (Å²) in [5, 5.41) is 16.8. The van der Waals surface area contributed by atoms with E-state index < -0.39 is 52.0 Å². The summed E-state index contributed by atoms with van der Waals surface area (Å²) in [6.45, 7) is 0.514. The third kappa shape index (κ3) is 7.63. The number of rotatable bonds is 11. The lowest BCUT2D eigenvalue weighted by Crippen LogP contribution is -2.50. The fourth-order valence-corrected chi connectivity index (χ4v) is 4.76. The highest BCUT2D eigenvalue weighted by Crippen LogP contribution is 2.21. The molecule has 13 nitrogen and oxygen atoms in total. The maximum absolute atomic E-state index is 12.5. The molecule has 2 fully saturated rings. The van der Waals surface area contributed by atoms with E-state index in [2.05, 4.69) is 16.0 Å². The van der Waals surface area contributed by atoms with Crippen LogP contribution in [0.1, 0.15) is 24.8 Å². The number of benzene rings is 1. The van der Waals surface area contributed by atoms with Crippen LogP contribution in [-0.4, -0.2) is 84.5 Å². The van der Waals surface area contributed by atoms with Crippen molar-refractivity contribution in [3.05, 3.63) is 35.9 Å². The van der Waals surface area contributed by atoms with Gasteiger partial charge in [0.15, 0.2) is 5.44 Å². The number of ether oxygens (including phenoxy) is 1. The van der Waals surface area contributed by atoms with E-state index in [1.54, 1.807) is 4.90 Å². The third-order valence-electron chi connectivity index (χ3n) is 6.12. The fourth-order valence-electron chi connectivity index (χ4n) is 4.18. The molecule has 1 aromatic carbocycles. The zero-order valence-corrected chi connectivity index (χ0v) is 20.2. The van der Waals surface area contributed by atoms with Crippen molar-refractivity contribution in [2.24, 2.45) is 11.8 Å². The van der Waals surface area contributed by atoms with Crippen molar-refractivity contribution in [2.75, 3.05) is 26.2 Å². The highest BCUT2D eigenvalue weighted by Gasteiger charge is 2.34. The Hall–Kier alpha value is -3.23. The number of carbonyl (C=O) groups is 4. The van der Waals surface area contributed by atoms with Crippen LogP contribution in [0.2, 0.25) is 0 Å². The van der Waals surface area contributed by atoms with E-state index >= 15 is 0 Å². The first kappa shape index (κ1) is 27.4. The van der Waals surface area contributed by atoms with E-state index in [9.17, 15) is 37.3 Å². The number of likely N-dealkylation sites (tertiary alicyclic amines) is 1. The standard InChI is InChI=1S/C22H30N4O9S/c27-18(25-17(21(30)36(32,33)34)10-15-6-8-23-19(15)28)11-24-22(31)35-13-16-7-9-26(20(16)29)12-14-4-2-1-3-5-14/h1-5,15-17,21,30H,6-13H2,(H,23,28)(H,24,31)(H,25,27)(H,32,33,34)/p-1/t15?,16?,17-,21?/m0/s1. The molecule has 2 aliphatic rings. The summed E-state index contributed by atoms with van der Waals surface area (Å²) in [5.41, 5.74) is -1.48. The summed E-state index contributed by atoms with van der Waals surface area (Å²) in [4.78, 5) is 50.2. The van der Waals surface area contributed by atoms with Crippen LogP contribution in [0.25, 0.3) is 0 Å². The SMILES string of the molecule is O=C(CNC(=O)OCC1CCN(Cc2ccccc2)C1=O)N[C@@H](CC1CCNC1=O)C(O)S(=O)(=O)[O-]. The molecule has 14 heteroatoms. The van der Waals surface area contributed by atoms with E-state index in [0.29, 0.717) is 32.5 Å². The molecule has 0 aliphatic carbocycles. The molecule has 0 aromatic heterocycles. The van der Waals surface area contributed by atoms with Gasteiger partial charge >= 0.3 is 6.09 Å². The molecule has 0 saturated carbocycles. The van der Waals surface area contributed by atoms with E-state index in [1.807, 2.05) is 30.3 Å². The lowest BCUT2D eigenvalue weighted by atomic mass is 9.98. The van der Waals surface area contributed by atoms with Crippen molar-refractivity contribution in [2.45, 2.75) is 37.3 Å². The van der Waals surface area contributed by atoms with Crippen molar-refractivity contribution in [1.82, 2.24) is 20.9 Å². The van der Waals surface area contributed by atoms with Crippen molar-refractivity contribution >= 4 is 33.9 Å². The van der Waals surface area contributed by atoms with Crippen LogP contribution in [0.15, 0.2) is 30.3 Å². The van der Waals surface area contributed by atoms with Gasteiger partial charge in [0.25, 0.3) is 0 Å². The lowest BCUT2D eigenvalue weighted by molar-refractivity contribution is -0.132. The van der Waals surface area contributed by atoms with Gasteiger partial charge in [-0.2, -0.15) is 0 Å². The van der Waals surface area contributed by atoms with Crippen molar-refractivity contribution < 1.29 is 42.0 Å². The first-order valence-electron chi connectivity index (χ1n) is 11.5. The van der Waals surface area contributed by atoms with Crippen LogP contribution in [0.3, 0.4) is 0 Å². The molecular weight excluding hydrogens is 496 g/mol. The zero-order valence-electron chi connectivity index (χ0n) is 19.4. The Kier molecular flexibility index (Phi) is 9.23. The first-order chi connectivity index (χ1) is 17.0. The summed E-state index contributed by atoms with van der Waals surface area (Å²) in [7, 11) is -5.17. The maximum atomic E-state index is 12.5. The molecule has 0 bridgehead atoms. The van der Waals surface area contributed by atoms with Crippen LogP contribution >= 0.6 is 0 Å². The topological polar surface area (TPSA) is 194 Å². The van der Waals surface area contributed by atoms with Crippen LogP contribution in [0, 0.1) is 11.8 Å². The Morgan fingerprint density at radius 1 is 1.19 bits per heavy atom. The number of aliphatic hydroxyl groups is 1. The highest BCUT2D eigenvalue weighted by atomic mass is 32.2. The molecule has 3 rings (SSSR count). The molecular formula is C22H29N4O9S-. The van der Waals surface area contributed by atoms with Crippen LogP contribution in [0.5, 0.6) is 0 Å². The quantitative estimate of drug-likeness (QED) is 0.252. The van der Waals surface area contributed by atoms with Crippen molar-refractivity contribution in [3.8, 4) is 0 Å². The molecule has 4 N–H and O–H groups in total. The number of hydrogen-bond acceptors (Lipinski definition) is 9. The van der Waals surface area contributed by atoms with Gasteiger partial charge in [-0.1, -0.05) is 30.3 Å². The second-order valence-electron chi connectivity index (χ2n) is 8.75. The monoisotopic (exact) mass is 525 g/mol. The number of amides is 4. The highest BCUT2D eigenvalue weighted by molar-refractivity contribution is 7.86. The van der Waals surface area contributed by atoms with Crippen molar-refractivity contribution in [3.63, 3.8) is 0 Å². The van der Waals surface area contributed by atoms with Gasteiger partial charge in [0.2, 0.25) is 17.7 Å². The Morgan fingerprint density at radius 2 is 1.92 bits per heavy atom. The fraction of sp³-hybridized carbons (Fsp3) is 0.545. The summed E-state index contributed by atoms with van der Waals surface area (Å²) >= 11 is 0. The number of carbonyl (C=O) groups excluding carboxylic acids is 4. The molecule has 0 radical (unpaired) electrons. The zero-order chi connectivity index (χ0) is 26.3. The predicted octanol–water partition coefficient (Wildman–Crippen LogP) is -1.36. The van der Waals surface area contributed by atoms with E-state index in [4.69, 9.17) is 4.74 Å². The molecule has 4 amide bonds. The van der Waals surface area contributed by atoms with E-state index in [1.165, 1.54) is 0 Å². The minimum absolute atomic E-state index is 0.143. The van der Waals surface area contributed by atoms with Crippen LogP contribution < -0.4 is 16.0 Å². The van der Waals surface area contributed by atoms with Gasteiger partial charge in [-0.25, -0.2) is 13.2 Å². The largest absolute Gasteiger partial charge is 0.746 e. The number of nitrogens with one attached hydrogen (secondary N) is 3. The Balaban J connectivity index is 1.43. The molecule has 2 saturated heterocycles. The number of alkyl carbamates (subject to hydrolysis) is 1. The van der Waals surface area contributed by atoms with Gasteiger partial charge in [0.1, 0.15) is 23.3 Å². The van der Waals surface area contributed by atoms with Crippen molar-refractivity contribution in [1.29, 1.82) is 0 Å². The van der Waals surface area contributed by atoms with Gasteiger partial charge in [0.05, 0.1) is 12.0 Å². The van der Waals surface area contributed by atoms with Crippen LogP contribution in [0.4, 0.5) is 4.79 Å². The summed E-state index contributed by atoms with van der Waals surface area (Å²) < 4.78 is 38.8. The smallest absolute Gasteiger partial charge is 0.407 e. The summed E-state index contributed by atoms with van der Waals surface area (Å²) in [6, 6.07) is 7.92. The van der Waals surface area contributed by atoms with E-state index in [-0.39, 0.29) is 24.8 Å². The third-order valence-corrected chi connectivity index (χ3v) is 7.04. The Bertz CT molecular complexity index is 1070. The van der Waals surface area contributed by atoms with Crippen LogP contribution in [-0.2, 0) is 35.8 Å². The number of aliphatic hydroxyl groups excluding tert-OH is 1. The predicted molar refractivity (Wildman–Crippen MR) is 123 cm³/mol. The maximum Gasteiger partial charge on any atom is 0.407 e. The lowest BCUT2D eigenvalue weighted by Gasteiger charge is -2.27. The average molecular weight is 526 g/mol. The average Bonchev–Trinajstić information content (AvgIpc) is 3.40. The normalized spacial score (nSPS) is 21.6. The molecule has 4 atom stereocenters. The molecule has 198 valence electrons. The summed E-state index contributed by atoms with van der Waals surface area (Å²) in [5.74, 6) is -2.61. The minimum Gasteiger partial charge on any atom is -0.746 e. The Morgan fingerprint density at radius 3 is 2.56 bits per heavy atom.